The maximum absolute atomic E-state index is 12.3. The first-order chi connectivity index (χ1) is 13.8. The van der Waals surface area contributed by atoms with Gasteiger partial charge in [-0.25, -0.2) is 0 Å². The lowest BCUT2D eigenvalue weighted by Crippen LogP contribution is -2.17. The Balaban J connectivity index is 0.00000145. The molecular formula is C17H14Cl3F3N2O3S. The highest BCUT2D eigenvalue weighted by molar-refractivity contribution is 7.99. The van der Waals surface area contributed by atoms with Crippen LogP contribution in [0.2, 0.25) is 10.0 Å². The predicted octanol–water partition coefficient (Wildman–Crippen LogP) is 7.16. The van der Waals surface area contributed by atoms with Crippen LogP contribution < -0.4 is 14.2 Å². The summed E-state index contributed by atoms with van der Waals surface area (Å²) in [5.41, 5.74) is 1.13. The summed E-state index contributed by atoms with van der Waals surface area (Å²) in [6, 6.07) is 6.99. The van der Waals surface area contributed by atoms with Gasteiger partial charge in [-0.3, -0.25) is 0 Å². The minimum atomic E-state index is -4.82. The van der Waals surface area contributed by atoms with Gasteiger partial charge in [0.15, 0.2) is 11.4 Å². The van der Waals surface area contributed by atoms with Gasteiger partial charge in [-0.05, 0) is 24.3 Å². The monoisotopic (exact) mass is 488 g/mol. The van der Waals surface area contributed by atoms with Crippen molar-refractivity contribution in [1.29, 1.82) is 0 Å². The van der Waals surface area contributed by atoms with Crippen molar-refractivity contribution in [3.8, 4) is 11.5 Å². The van der Waals surface area contributed by atoms with Crippen LogP contribution in [0.15, 0.2) is 34.9 Å². The van der Waals surface area contributed by atoms with E-state index in [1.807, 2.05) is 6.26 Å². The van der Waals surface area contributed by atoms with Crippen molar-refractivity contribution in [2.24, 2.45) is 0 Å². The molecule has 0 radical (unpaired) electrons. The summed E-state index contributed by atoms with van der Waals surface area (Å²) < 4.78 is 54.4. The van der Waals surface area contributed by atoms with Gasteiger partial charge in [0.05, 0.1) is 10.4 Å². The van der Waals surface area contributed by atoms with E-state index in [9.17, 15) is 13.2 Å². The van der Waals surface area contributed by atoms with Crippen LogP contribution in [0.5, 0.6) is 11.5 Å². The standard InChI is InChI=1S/C16H11Cl2F3N2O3S.CH3Cl/c1-27-23-15-10-6-11(17)8(4-14(10)26-22-15)7-24-9-2-3-13(12(18)5-9)25-16(19,20)21;1-2/h2-6H,7H2,1H3,(H,22,23);1H3. The van der Waals surface area contributed by atoms with Crippen LogP contribution >= 0.6 is 46.8 Å². The fraction of sp³-hybridized carbons (Fsp3) is 0.235. The number of fused-ring (bicyclic) bond motifs is 1. The van der Waals surface area contributed by atoms with Gasteiger partial charge in [-0.2, -0.15) is 0 Å². The second kappa shape index (κ2) is 10.4. The number of alkyl halides is 4. The third-order valence-corrected chi connectivity index (χ3v) is 4.41. The van der Waals surface area contributed by atoms with E-state index < -0.39 is 12.1 Å². The number of rotatable bonds is 6. The van der Waals surface area contributed by atoms with Gasteiger partial charge in [-0.15, -0.1) is 24.8 Å². The summed E-state index contributed by atoms with van der Waals surface area (Å²) in [7, 11) is 0. The molecule has 0 spiro atoms. The smallest absolute Gasteiger partial charge is 0.489 e. The lowest BCUT2D eigenvalue weighted by molar-refractivity contribution is -0.274. The molecule has 3 aromatic rings. The van der Waals surface area contributed by atoms with Gasteiger partial charge < -0.3 is 18.7 Å². The van der Waals surface area contributed by atoms with Crippen molar-refractivity contribution < 1.29 is 27.2 Å². The van der Waals surface area contributed by atoms with E-state index in [4.69, 9.17) is 32.5 Å². The summed E-state index contributed by atoms with van der Waals surface area (Å²) in [6.07, 6.45) is -1.50. The highest BCUT2D eigenvalue weighted by atomic mass is 35.5. The molecule has 12 heteroatoms. The molecule has 158 valence electrons. The van der Waals surface area contributed by atoms with Crippen molar-refractivity contribution in [2.45, 2.75) is 13.0 Å². The first-order valence-corrected chi connectivity index (χ1v) is 10.4. The molecular weight excluding hydrogens is 476 g/mol. The van der Waals surface area contributed by atoms with E-state index >= 15 is 0 Å². The van der Waals surface area contributed by atoms with Crippen molar-refractivity contribution in [2.75, 3.05) is 17.4 Å². The Bertz CT molecular complexity index is 970. The van der Waals surface area contributed by atoms with E-state index in [2.05, 4.69) is 26.2 Å². The molecule has 0 aliphatic carbocycles. The molecule has 0 bridgehead atoms. The molecule has 1 N–H and O–H groups in total. The van der Waals surface area contributed by atoms with Crippen LogP contribution in [0.4, 0.5) is 19.0 Å². The molecule has 0 saturated heterocycles. The van der Waals surface area contributed by atoms with E-state index in [1.165, 1.54) is 30.5 Å². The molecule has 0 saturated carbocycles. The van der Waals surface area contributed by atoms with Crippen molar-refractivity contribution >= 4 is 63.5 Å². The van der Waals surface area contributed by atoms with E-state index in [0.29, 0.717) is 22.0 Å². The number of hydrogen-bond donors (Lipinski definition) is 1. The van der Waals surface area contributed by atoms with Crippen LogP contribution in [0.3, 0.4) is 0 Å². The normalized spacial score (nSPS) is 11.0. The second-order valence-corrected chi connectivity index (χ2v) is 6.63. The van der Waals surface area contributed by atoms with Gasteiger partial charge in [0.25, 0.3) is 0 Å². The Morgan fingerprint density at radius 2 is 1.86 bits per heavy atom. The highest BCUT2D eigenvalue weighted by Crippen LogP contribution is 2.34. The minimum absolute atomic E-state index is 0.0521. The average Bonchev–Trinajstić information content (AvgIpc) is 3.04. The third kappa shape index (κ3) is 6.40. The SMILES string of the molecule is CCl.CSNc1noc2cc(COc3ccc(OC(F)(F)F)c(Cl)c3)c(Cl)cc12. The number of aromatic nitrogens is 1. The summed E-state index contributed by atoms with van der Waals surface area (Å²) in [6.45, 7) is 0.0521. The van der Waals surface area contributed by atoms with Crippen molar-refractivity contribution in [3.63, 3.8) is 0 Å². The molecule has 0 fully saturated rings. The van der Waals surface area contributed by atoms with Crippen LogP contribution in [0.25, 0.3) is 11.0 Å². The zero-order chi connectivity index (χ0) is 21.6. The van der Waals surface area contributed by atoms with Gasteiger partial charge in [0, 0.05) is 29.3 Å². The fourth-order valence-corrected chi connectivity index (χ4v) is 2.99. The largest absolute Gasteiger partial charge is 0.573 e. The lowest BCUT2D eigenvalue weighted by atomic mass is 10.2. The molecule has 3 rings (SSSR count). The molecule has 0 aliphatic heterocycles. The summed E-state index contributed by atoms with van der Waals surface area (Å²) in [4.78, 5) is 0. The Morgan fingerprint density at radius 3 is 2.48 bits per heavy atom. The molecule has 0 aliphatic rings. The predicted molar refractivity (Wildman–Crippen MR) is 110 cm³/mol. The van der Waals surface area contributed by atoms with Crippen LogP contribution in [0.1, 0.15) is 5.56 Å². The van der Waals surface area contributed by atoms with Crippen molar-refractivity contribution in [3.05, 3.63) is 45.9 Å². The van der Waals surface area contributed by atoms with E-state index in [1.54, 1.807) is 12.1 Å². The Morgan fingerprint density at radius 1 is 1.14 bits per heavy atom. The van der Waals surface area contributed by atoms with Gasteiger partial charge in [0.1, 0.15) is 18.1 Å². The van der Waals surface area contributed by atoms with Crippen molar-refractivity contribution in [1.82, 2.24) is 5.16 Å². The van der Waals surface area contributed by atoms with Gasteiger partial charge in [0.2, 0.25) is 0 Å². The molecule has 2 aromatic carbocycles. The Hall–Kier alpha value is -1.68. The number of benzene rings is 2. The summed E-state index contributed by atoms with van der Waals surface area (Å²) >= 11 is 18.1. The van der Waals surface area contributed by atoms with Crippen LogP contribution in [-0.4, -0.2) is 24.2 Å². The highest BCUT2D eigenvalue weighted by Gasteiger charge is 2.32. The summed E-state index contributed by atoms with van der Waals surface area (Å²) in [5.74, 6) is 0.304. The Kier molecular flexibility index (Phi) is 8.45. The molecule has 1 heterocycles. The number of halogens is 6. The fourth-order valence-electron chi connectivity index (χ4n) is 2.22. The number of nitrogens with one attached hydrogen (secondary N) is 1. The topological polar surface area (TPSA) is 56.5 Å². The first-order valence-electron chi connectivity index (χ1n) is 7.69. The zero-order valence-electron chi connectivity index (χ0n) is 14.9. The minimum Gasteiger partial charge on any atom is -0.489 e. The van der Waals surface area contributed by atoms with Gasteiger partial charge in [-0.1, -0.05) is 40.3 Å². The molecule has 0 unspecified atom stereocenters. The third-order valence-electron chi connectivity index (χ3n) is 3.36. The van der Waals surface area contributed by atoms with Crippen LogP contribution in [0, 0.1) is 0 Å². The molecule has 5 nitrogen and oxygen atoms in total. The molecule has 1 aromatic heterocycles. The number of ether oxygens (including phenoxy) is 2. The maximum Gasteiger partial charge on any atom is 0.573 e. The average molecular weight is 490 g/mol. The quantitative estimate of drug-likeness (QED) is 0.293. The van der Waals surface area contributed by atoms with E-state index in [0.717, 1.165) is 11.5 Å². The lowest BCUT2D eigenvalue weighted by Gasteiger charge is -2.12. The second-order valence-electron chi connectivity index (χ2n) is 5.21. The molecule has 0 amide bonds. The van der Waals surface area contributed by atoms with Crippen LogP contribution in [-0.2, 0) is 6.61 Å². The molecule has 29 heavy (non-hydrogen) atoms. The summed E-state index contributed by atoms with van der Waals surface area (Å²) in [5, 5.41) is 4.83. The number of nitrogens with zero attached hydrogens (tertiary/aromatic N) is 1. The maximum atomic E-state index is 12.3. The van der Waals surface area contributed by atoms with E-state index in [-0.39, 0.29) is 17.4 Å². The number of anilines is 1. The Labute approximate surface area is 183 Å². The first kappa shape index (κ1) is 23.6. The van der Waals surface area contributed by atoms with Gasteiger partial charge >= 0.3 is 6.36 Å². The number of hydrogen-bond acceptors (Lipinski definition) is 6. The molecule has 0 atom stereocenters. The zero-order valence-corrected chi connectivity index (χ0v) is 18.0.